The Morgan fingerprint density at radius 1 is 1.25 bits per heavy atom. The Balaban J connectivity index is 2.47. The Hall–Kier alpha value is -2.57. The summed E-state index contributed by atoms with van der Waals surface area (Å²) in [7, 11) is 0. The zero-order chi connectivity index (χ0) is 15.1. The Kier molecular flexibility index (Phi) is 5.52. The van der Waals surface area contributed by atoms with E-state index in [0.717, 1.165) is 11.1 Å². The molecule has 0 unspecified atom stereocenters. The molecule has 1 aromatic rings. The summed E-state index contributed by atoms with van der Waals surface area (Å²) in [5.74, 6) is -2.11. The molecule has 0 aliphatic heterocycles. The zero-order valence-electron chi connectivity index (χ0n) is 11.1. The molecular formula is C13H17N3O4. The van der Waals surface area contributed by atoms with Gasteiger partial charge < -0.3 is 21.5 Å². The average molecular weight is 279 g/mol. The van der Waals surface area contributed by atoms with Crippen molar-refractivity contribution in [3.05, 3.63) is 35.4 Å². The van der Waals surface area contributed by atoms with Gasteiger partial charge in [0.25, 0.3) is 0 Å². The van der Waals surface area contributed by atoms with Gasteiger partial charge in [0, 0.05) is 6.54 Å². The van der Waals surface area contributed by atoms with E-state index in [2.05, 4.69) is 10.6 Å². The van der Waals surface area contributed by atoms with E-state index in [1.165, 1.54) is 0 Å². The molecule has 0 spiro atoms. The van der Waals surface area contributed by atoms with Gasteiger partial charge in [0.05, 0.1) is 6.42 Å². The van der Waals surface area contributed by atoms with Crippen molar-refractivity contribution in [1.29, 1.82) is 0 Å². The number of nitrogens with two attached hydrogens (primary N) is 1. The van der Waals surface area contributed by atoms with Crippen LogP contribution >= 0.6 is 0 Å². The number of hydrogen-bond acceptors (Lipinski definition) is 3. The van der Waals surface area contributed by atoms with Crippen molar-refractivity contribution in [3.63, 3.8) is 0 Å². The summed E-state index contributed by atoms with van der Waals surface area (Å²) in [5, 5.41) is 13.5. The summed E-state index contributed by atoms with van der Waals surface area (Å²) >= 11 is 0. The van der Waals surface area contributed by atoms with E-state index in [1.54, 1.807) is 0 Å². The molecule has 0 saturated heterocycles. The van der Waals surface area contributed by atoms with Crippen LogP contribution in [0.15, 0.2) is 24.3 Å². The highest BCUT2D eigenvalue weighted by Gasteiger charge is 2.21. The molecule has 20 heavy (non-hydrogen) atoms. The third-order valence-electron chi connectivity index (χ3n) is 2.58. The van der Waals surface area contributed by atoms with E-state index >= 15 is 0 Å². The monoisotopic (exact) mass is 279 g/mol. The number of benzene rings is 1. The maximum absolute atomic E-state index is 11.5. The van der Waals surface area contributed by atoms with Crippen LogP contribution < -0.4 is 16.4 Å². The molecule has 0 aromatic heterocycles. The summed E-state index contributed by atoms with van der Waals surface area (Å²) < 4.78 is 0. The number of rotatable bonds is 6. The fraction of sp³-hybridized carbons (Fsp3) is 0.308. The van der Waals surface area contributed by atoms with Crippen molar-refractivity contribution in [2.24, 2.45) is 5.73 Å². The predicted molar refractivity (Wildman–Crippen MR) is 71.8 cm³/mol. The van der Waals surface area contributed by atoms with Gasteiger partial charge in [0.2, 0.25) is 5.91 Å². The number of carbonyl (C=O) groups is 3. The summed E-state index contributed by atoms with van der Waals surface area (Å²) in [6.45, 7) is 2.21. The van der Waals surface area contributed by atoms with Crippen LogP contribution in [-0.4, -0.2) is 29.1 Å². The standard InChI is InChI=1S/C13H17N3O4/c1-8-2-4-9(5-3-8)7-15-13(20)16-10(12(18)19)6-11(14)17/h2-5,10H,6-7H2,1H3,(H2,14,17)(H,18,19)(H2,15,16,20)/t10-/m1/s1. The zero-order valence-corrected chi connectivity index (χ0v) is 11.1. The predicted octanol–water partition coefficient (Wildman–Crippen LogP) is 0.123. The van der Waals surface area contributed by atoms with Crippen molar-refractivity contribution in [2.45, 2.75) is 25.9 Å². The molecule has 108 valence electrons. The van der Waals surface area contributed by atoms with E-state index in [0.29, 0.717) is 0 Å². The fourth-order valence-electron chi connectivity index (χ4n) is 1.50. The molecule has 0 bridgehead atoms. The lowest BCUT2D eigenvalue weighted by molar-refractivity contribution is -0.140. The average Bonchev–Trinajstić information content (AvgIpc) is 2.36. The Bertz CT molecular complexity index is 499. The first-order valence-corrected chi connectivity index (χ1v) is 5.99. The third kappa shape index (κ3) is 5.38. The minimum atomic E-state index is -1.33. The molecule has 0 fully saturated rings. The van der Waals surface area contributed by atoms with Gasteiger partial charge in [0.1, 0.15) is 6.04 Å². The first-order chi connectivity index (χ1) is 9.38. The fourth-order valence-corrected chi connectivity index (χ4v) is 1.50. The van der Waals surface area contributed by atoms with E-state index in [1.807, 2.05) is 31.2 Å². The number of carboxylic acids is 1. The molecule has 0 saturated carbocycles. The Labute approximate surface area is 116 Å². The van der Waals surface area contributed by atoms with Crippen molar-refractivity contribution >= 4 is 17.9 Å². The van der Waals surface area contributed by atoms with Crippen LogP contribution in [0.25, 0.3) is 0 Å². The van der Waals surface area contributed by atoms with Crippen LogP contribution in [0.3, 0.4) is 0 Å². The second-order valence-electron chi connectivity index (χ2n) is 4.37. The normalized spacial score (nSPS) is 11.4. The van der Waals surface area contributed by atoms with Crippen LogP contribution in [0.1, 0.15) is 17.5 Å². The van der Waals surface area contributed by atoms with Gasteiger partial charge in [-0.3, -0.25) is 4.79 Å². The van der Waals surface area contributed by atoms with Crippen LogP contribution in [0, 0.1) is 6.92 Å². The maximum atomic E-state index is 11.5. The molecule has 1 atom stereocenters. The molecule has 1 rings (SSSR count). The van der Waals surface area contributed by atoms with E-state index in [-0.39, 0.29) is 6.54 Å². The Morgan fingerprint density at radius 3 is 2.35 bits per heavy atom. The van der Waals surface area contributed by atoms with Crippen LogP contribution in [0.4, 0.5) is 4.79 Å². The van der Waals surface area contributed by atoms with Gasteiger partial charge in [0.15, 0.2) is 0 Å². The lowest BCUT2D eigenvalue weighted by Gasteiger charge is -2.13. The highest BCUT2D eigenvalue weighted by Crippen LogP contribution is 2.02. The van der Waals surface area contributed by atoms with Crippen molar-refractivity contribution in [1.82, 2.24) is 10.6 Å². The molecule has 1 aromatic carbocycles. The molecule has 7 nitrogen and oxygen atoms in total. The largest absolute Gasteiger partial charge is 0.480 e. The molecule has 0 radical (unpaired) electrons. The molecule has 3 amide bonds. The summed E-state index contributed by atoms with van der Waals surface area (Å²) in [6.07, 6.45) is -0.451. The summed E-state index contributed by atoms with van der Waals surface area (Å²) in [6, 6.07) is 5.52. The topological polar surface area (TPSA) is 122 Å². The number of aryl methyl sites for hydroxylation is 1. The first-order valence-electron chi connectivity index (χ1n) is 5.99. The number of urea groups is 1. The van der Waals surface area contributed by atoms with Crippen LogP contribution in [0.2, 0.25) is 0 Å². The molecule has 0 heterocycles. The van der Waals surface area contributed by atoms with Crippen LogP contribution in [0.5, 0.6) is 0 Å². The number of carboxylic acid groups (broad SMARTS) is 1. The van der Waals surface area contributed by atoms with Crippen molar-refractivity contribution < 1.29 is 19.5 Å². The summed E-state index contributed by atoms with van der Waals surface area (Å²) in [5.41, 5.74) is 6.90. The second kappa shape index (κ2) is 7.13. The van der Waals surface area contributed by atoms with Gasteiger partial charge in [-0.15, -0.1) is 0 Å². The number of carbonyl (C=O) groups excluding carboxylic acids is 2. The van der Waals surface area contributed by atoms with Crippen molar-refractivity contribution in [2.75, 3.05) is 0 Å². The molecule has 5 N–H and O–H groups in total. The van der Waals surface area contributed by atoms with Gasteiger partial charge in [-0.05, 0) is 12.5 Å². The quantitative estimate of drug-likeness (QED) is 0.591. The van der Waals surface area contributed by atoms with E-state index in [9.17, 15) is 14.4 Å². The van der Waals surface area contributed by atoms with E-state index in [4.69, 9.17) is 10.8 Å². The lowest BCUT2D eigenvalue weighted by Crippen LogP contribution is -2.47. The highest BCUT2D eigenvalue weighted by atomic mass is 16.4. The van der Waals surface area contributed by atoms with Gasteiger partial charge >= 0.3 is 12.0 Å². The number of hydrogen-bond donors (Lipinski definition) is 4. The molecule has 0 aliphatic rings. The second-order valence-corrected chi connectivity index (χ2v) is 4.37. The first kappa shape index (κ1) is 15.5. The maximum Gasteiger partial charge on any atom is 0.326 e. The Morgan fingerprint density at radius 2 is 1.85 bits per heavy atom. The molecular weight excluding hydrogens is 262 g/mol. The number of aliphatic carboxylic acids is 1. The van der Waals surface area contributed by atoms with Crippen LogP contribution in [-0.2, 0) is 16.1 Å². The number of amides is 3. The van der Waals surface area contributed by atoms with E-state index < -0.39 is 30.4 Å². The molecule has 0 aliphatic carbocycles. The molecule has 7 heteroatoms. The van der Waals surface area contributed by atoms with Gasteiger partial charge in [-0.2, -0.15) is 0 Å². The summed E-state index contributed by atoms with van der Waals surface area (Å²) in [4.78, 5) is 33.1. The highest BCUT2D eigenvalue weighted by molar-refractivity contribution is 5.87. The SMILES string of the molecule is Cc1ccc(CNC(=O)N[C@H](CC(N)=O)C(=O)O)cc1. The smallest absolute Gasteiger partial charge is 0.326 e. The van der Waals surface area contributed by atoms with Gasteiger partial charge in [-0.1, -0.05) is 29.8 Å². The van der Waals surface area contributed by atoms with Crippen molar-refractivity contribution in [3.8, 4) is 0 Å². The number of primary amides is 1. The lowest BCUT2D eigenvalue weighted by atomic mass is 10.1. The minimum absolute atomic E-state index is 0.259. The third-order valence-corrected chi connectivity index (χ3v) is 2.58. The van der Waals surface area contributed by atoms with Gasteiger partial charge in [-0.25, -0.2) is 9.59 Å². The minimum Gasteiger partial charge on any atom is -0.480 e. The number of nitrogens with one attached hydrogen (secondary N) is 2.